The third-order valence-corrected chi connectivity index (χ3v) is 4.80. The number of likely N-dealkylation sites (tertiary alicyclic amines) is 1. The molecule has 2 aromatic rings. The molecule has 0 radical (unpaired) electrons. The van der Waals surface area contributed by atoms with E-state index in [-0.39, 0.29) is 11.6 Å². The van der Waals surface area contributed by atoms with Crippen molar-refractivity contribution in [3.8, 4) is 0 Å². The number of aryl methyl sites for hydroxylation is 1. The van der Waals surface area contributed by atoms with E-state index in [0.717, 1.165) is 43.6 Å². The smallest absolute Gasteiger partial charge is 0.269 e. The van der Waals surface area contributed by atoms with Crippen molar-refractivity contribution in [3.05, 3.63) is 69.8 Å². The maximum absolute atomic E-state index is 13.1. The van der Waals surface area contributed by atoms with Gasteiger partial charge in [0, 0.05) is 17.8 Å². The second-order valence-corrected chi connectivity index (χ2v) is 6.66. The maximum Gasteiger partial charge on any atom is 0.269 e. The molecule has 1 aliphatic heterocycles. The van der Waals surface area contributed by atoms with E-state index in [0.29, 0.717) is 5.56 Å². The number of rotatable bonds is 5. The van der Waals surface area contributed by atoms with E-state index in [4.69, 9.17) is 0 Å². The molecule has 0 aromatic heterocycles. The van der Waals surface area contributed by atoms with Crippen LogP contribution in [0.4, 0.5) is 11.4 Å². The number of non-ortho nitro benzene ring substituents is 1. The molecule has 6 heteroatoms. The lowest BCUT2D eigenvalue weighted by Crippen LogP contribution is -2.40. The van der Waals surface area contributed by atoms with Gasteiger partial charge in [-0.2, -0.15) is 0 Å². The summed E-state index contributed by atoms with van der Waals surface area (Å²) >= 11 is 0. The van der Waals surface area contributed by atoms with Crippen LogP contribution in [0, 0.1) is 17.0 Å². The Bertz CT molecular complexity index is 800. The summed E-state index contributed by atoms with van der Waals surface area (Å²) in [5.41, 5.74) is 2.42. The highest BCUT2D eigenvalue weighted by molar-refractivity contribution is 5.96. The van der Waals surface area contributed by atoms with E-state index in [1.54, 1.807) is 12.1 Å². The minimum atomic E-state index is -0.533. The lowest BCUT2D eigenvalue weighted by atomic mass is 10.00. The Labute approximate surface area is 153 Å². The van der Waals surface area contributed by atoms with Gasteiger partial charge >= 0.3 is 0 Å². The van der Waals surface area contributed by atoms with E-state index >= 15 is 0 Å². The fraction of sp³-hybridized carbons (Fsp3) is 0.350. The van der Waals surface area contributed by atoms with Gasteiger partial charge in [0.25, 0.3) is 5.69 Å². The number of para-hydroxylation sites is 1. The zero-order valence-electron chi connectivity index (χ0n) is 14.9. The fourth-order valence-electron chi connectivity index (χ4n) is 3.43. The molecule has 1 atom stereocenters. The third-order valence-electron chi connectivity index (χ3n) is 4.80. The molecule has 136 valence electrons. The molecule has 1 saturated heterocycles. The maximum atomic E-state index is 13.1. The average Bonchev–Trinajstić information content (AvgIpc) is 2.65. The summed E-state index contributed by atoms with van der Waals surface area (Å²) in [6.07, 6.45) is 3.21. The van der Waals surface area contributed by atoms with Gasteiger partial charge in [-0.1, -0.05) is 36.8 Å². The number of nitrogens with zero attached hydrogens (tertiary/aromatic N) is 2. The molecule has 1 N–H and O–H groups in total. The summed E-state index contributed by atoms with van der Waals surface area (Å²) in [7, 11) is 0. The van der Waals surface area contributed by atoms with Gasteiger partial charge in [0.1, 0.15) is 6.04 Å². The average molecular weight is 353 g/mol. The summed E-state index contributed by atoms with van der Waals surface area (Å²) in [6, 6.07) is 13.5. The number of carbonyl (C=O) groups is 1. The van der Waals surface area contributed by atoms with Crippen LogP contribution in [0.25, 0.3) is 0 Å². The lowest BCUT2D eigenvalue weighted by Gasteiger charge is -2.34. The molecule has 6 nitrogen and oxygen atoms in total. The van der Waals surface area contributed by atoms with Crippen molar-refractivity contribution in [3.63, 3.8) is 0 Å². The second kappa shape index (κ2) is 8.10. The predicted molar refractivity (Wildman–Crippen MR) is 101 cm³/mol. The highest BCUT2D eigenvalue weighted by Crippen LogP contribution is 2.29. The molecule has 0 spiro atoms. The van der Waals surface area contributed by atoms with Gasteiger partial charge in [0.15, 0.2) is 0 Å². The van der Waals surface area contributed by atoms with E-state index in [1.807, 2.05) is 31.2 Å². The molecule has 2 aromatic carbocycles. The van der Waals surface area contributed by atoms with Gasteiger partial charge in [-0.25, -0.2) is 0 Å². The van der Waals surface area contributed by atoms with Crippen LogP contribution >= 0.6 is 0 Å². The largest absolute Gasteiger partial charge is 0.324 e. The SMILES string of the molecule is Cc1ccccc1NC(=O)C(c1cccc([N+](=O)[O-])c1)N1CCCCC1. The summed E-state index contributed by atoms with van der Waals surface area (Å²) in [6.45, 7) is 3.57. The van der Waals surface area contributed by atoms with E-state index < -0.39 is 11.0 Å². The first kappa shape index (κ1) is 18.1. The topological polar surface area (TPSA) is 75.5 Å². The zero-order chi connectivity index (χ0) is 18.5. The lowest BCUT2D eigenvalue weighted by molar-refractivity contribution is -0.384. The molecule has 0 bridgehead atoms. The summed E-state index contributed by atoms with van der Waals surface area (Å²) < 4.78 is 0. The summed E-state index contributed by atoms with van der Waals surface area (Å²) in [4.78, 5) is 26.0. The zero-order valence-corrected chi connectivity index (χ0v) is 14.9. The van der Waals surface area contributed by atoms with Gasteiger partial charge in [0.2, 0.25) is 5.91 Å². The minimum Gasteiger partial charge on any atom is -0.324 e. The van der Waals surface area contributed by atoms with Gasteiger partial charge in [-0.05, 0) is 50.0 Å². The van der Waals surface area contributed by atoms with Crippen LogP contribution in [0.1, 0.15) is 36.4 Å². The van der Waals surface area contributed by atoms with Crippen LogP contribution < -0.4 is 5.32 Å². The third kappa shape index (κ3) is 4.08. The number of nitrogens with one attached hydrogen (secondary N) is 1. The Hall–Kier alpha value is -2.73. The van der Waals surface area contributed by atoms with Crippen molar-refractivity contribution < 1.29 is 9.72 Å². The van der Waals surface area contributed by atoms with Crippen LogP contribution in [0.5, 0.6) is 0 Å². The molecule has 0 saturated carbocycles. The standard InChI is InChI=1S/C20H23N3O3/c1-15-8-3-4-11-18(15)21-20(24)19(22-12-5-2-6-13-22)16-9-7-10-17(14-16)23(25)26/h3-4,7-11,14,19H,2,5-6,12-13H2,1H3,(H,21,24). The first-order valence-corrected chi connectivity index (χ1v) is 8.91. The minimum absolute atomic E-state index is 0.00759. The molecule has 1 amide bonds. The number of benzene rings is 2. The number of carbonyl (C=O) groups excluding carboxylic acids is 1. The molecule has 1 unspecified atom stereocenters. The summed E-state index contributed by atoms with van der Waals surface area (Å²) in [5.74, 6) is -0.151. The number of nitro groups is 1. The quantitative estimate of drug-likeness (QED) is 0.649. The van der Waals surface area contributed by atoms with Crippen molar-refractivity contribution in [2.75, 3.05) is 18.4 Å². The van der Waals surface area contributed by atoms with Gasteiger partial charge in [-0.15, -0.1) is 0 Å². The second-order valence-electron chi connectivity index (χ2n) is 6.66. The van der Waals surface area contributed by atoms with Crippen molar-refractivity contribution in [2.45, 2.75) is 32.2 Å². The number of amides is 1. The highest BCUT2D eigenvalue weighted by Gasteiger charge is 2.30. The Morgan fingerprint density at radius 2 is 1.85 bits per heavy atom. The molecule has 1 fully saturated rings. The first-order chi connectivity index (χ1) is 12.6. The predicted octanol–water partition coefficient (Wildman–Crippen LogP) is 4.07. The Morgan fingerprint density at radius 3 is 2.54 bits per heavy atom. The van der Waals surface area contributed by atoms with E-state index in [9.17, 15) is 14.9 Å². The van der Waals surface area contributed by atoms with Crippen LogP contribution in [0.3, 0.4) is 0 Å². The number of hydrogen-bond acceptors (Lipinski definition) is 4. The Balaban J connectivity index is 1.92. The molecule has 1 heterocycles. The van der Waals surface area contributed by atoms with E-state index in [1.165, 1.54) is 12.1 Å². The Morgan fingerprint density at radius 1 is 1.12 bits per heavy atom. The van der Waals surface area contributed by atoms with Gasteiger partial charge < -0.3 is 5.32 Å². The monoisotopic (exact) mass is 353 g/mol. The molecule has 26 heavy (non-hydrogen) atoms. The van der Waals surface area contributed by atoms with Crippen molar-refractivity contribution in [2.24, 2.45) is 0 Å². The Kier molecular flexibility index (Phi) is 5.63. The molecule has 1 aliphatic rings. The number of anilines is 1. The first-order valence-electron chi connectivity index (χ1n) is 8.91. The van der Waals surface area contributed by atoms with Crippen molar-refractivity contribution >= 4 is 17.3 Å². The fourth-order valence-corrected chi connectivity index (χ4v) is 3.43. The number of piperidine rings is 1. The molecule has 3 rings (SSSR count). The highest BCUT2D eigenvalue weighted by atomic mass is 16.6. The molecule has 0 aliphatic carbocycles. The van der Waals surface area contributed by atoms with Crippen LogP contribution in [-0.4, -0.2) is 28.8 Å². The van der Waals surface area contributed by atoms with Crippen LogP contribution in [0.15, 0.2) is 48.5 Å². The van der Waals surface area contributed by atoms with Crippen molar-refractivity contribution in [1.82, 2.24) is 4.90 Å². The van der Waals surface area contributed by atoms with Crippen LogP contribution in [-0.2, 0) is 4.79 Å². The number of nitro benzene ring substituents is 1. The van der Waals surface area contributed by atoms with Crippen molar-refractivity contribution in [1.29, 1.82) is 0 Å². The molecular formula is C20H23N3O3. The molecular weight excluding hydrogens is 330 g/mol. The van der Waals surface area contributed by atoms with Gasteiger partial charge in [0.05, 0.1) is 4.92 Å². The summed E-state index contributed by atoms with van der Waals surface area (Å²) in [5, 5.41) is 14.2. The van der Waals surface area contributed by atoms with Gasteiger partial charge in [-0.3, -0.25) is 19.8 Å². The number of hydrogen-bond donors (Lipinski definition) is 1. The van der Waals surface area contributed by atoms with Crippen LogP contribution in [0.2, 0.25) is 0 Å². The van der Waals surface area contributed by atoms with E-state index in [2.05, 4.69) is 10.2 Å². The normalized spacial score (nSPS) is 16.0.